The number of carbonyl (C=O) groups is 1. The van der Waals surface area contributed by atoms with Crippen molar-refractivity contribution in [3.63, 3.8) is 0 Å². The molecule has 0 aliphatic heterocycles. The van der Waals surface area contributed by atoms with E-state index in [0.29, 0.717) is 13.1 Å². The number of hydrogen-bond acceptors (Lipinski definition) is 3. The first kappa shape index (κ1) is 13.4. The highest BCUT2D eigenvalue weighted by Gasteiger charge is 2.03. The fourth-order valence-electron chi connectivity index (χ4n) is 1.11. The van der Waals surface area contributed by atoms with Gasteiger partial charge in [0.1, 0.15) is 0 Å². The summed E-state index contributed by atoms with van der Waals surface area (Å²) in [6.07, 6.45) is 2.36. The lowest BCUT2D eigenvalue weighted by Gasteiger charge is -2.10. The van der Waals surface area contributed by atoms with Crippen LogP contribution in [0.4, 0.5) is 0 Å². The first-order valence-corrected chi connectivity index (χ1v) is 5.36. The molecule has 4 nitrogen and oxygen atoms in total. The summed E-state index contributed by atoms with van der Waals surface area (Å²) in [7, 11) is 0. The molecule has 0 spiro atoms. The smallest absolute Gasteiger partial charge is 0.233 e. The molecule has 0 rings (SSSR count). The van der Waals surface area contributed by atoms with Crippen molar-refractivity contribution >= 4 is 5.91 Å². The molecule has 0 fully saturated rings. The van der Waals surface area contributed by atoms with Crippen molar-refractivity contribution in [2.24, 2.45) is 0 Å². The Morgan fingerprint density at radius 1 is 1.36 bits per heavy atom. The maximum atomic E-state index is 11.1. The molecular weight excluding hydrogens is 180 g/mol. The van der Waals surface area contributed by atoms with Crippen LogP contribution in [-0.4, -0.2) is 36.8 Å². The predicted molar refractivity (Wildman–Crippen MR) is 57.1 cm³/mol. The van der Waals surface area contributed by atoms with Gasteiger partial charge in [-0.1, -0.05) is 20.3 Å². The van der Waals surface area contributed by atoms with E-state index < -0.39 is 0 Å². The van der Waals surface area contributed by atoms with Crippen molar-refractivity contribution in [3.8, 4) is 0 Å². The molecular formula is C10H22N2O2. The van der Waals surface area contributed by atoms with E-state index in [2.05, 4.69) is 10.6 Å². The Labute approximate surface area is 86.1 Å². The number of aliphatic hydroxyl groups excluding tert-OH is 1. The molecule has 0 aliphatic carbocycles. The molecule has 0 aliphatic rings. The second-order valence-corrected chi connectivity index (χ2v) is 3.42. The third kappa shape index (κ3) is 8.01. The van der Waals surface area contributed by atoms with Crippen LogP contribution in [0, 0.1) is 0 Å². The summed E-state index contributed by atoms with van der Waals surface area (Å²) >= 11 is 0. The summed E-state index contributed by atoms with van der Waals surface area (Å²) in [5.74, 6) is -0.00412. The van der Waals surface area contributed by atoms with Crippen LogP contribution in [0.25, 0.3) is 0 Å². The second-order valence-electron chi connectivity index (χ2n) is 3.42. The maximum Gasteiger partial charge on any atom is 0.233 e. The van der Waals surface area contributed by atoms with Gasteiger partial charge in [-0.2, -0.15) is 0 Å². The van der Waals surface area contributed by atoms with E-state index in [1.165, 1.54) is 0 Å². The first-order valence-electron chi connectivity index (χ1n) is 5.36. The summed E-state index contributed by atoms with van der Waals surface area (Å²) in [5, 5.41) is 15.0. The Bertz CT molecular complexity index is 151. The van der Waals surface area contributed by atoms with Gasteiger partial charge in [-0.3, -0.25) is 4.79 Å². The van der Waals surface area contributed by atoms with Crippen molar-refractivity contribution in [1.82, 2.24) is 10.6 Å². The quantitative estimate of drug-likeness (QED) is 0.529. The molecule has 0 aromatic rings. The Morgan fingerprint density at radius 2 is 2.07 bits per heavy atom. The number of nitrogens with one attached hydrogen (secondary N) is 2. The minimum absolute atomic E-state index is 0.00412. The van der Waals surface area contributed by atoms with Gasteiger partial charge in [0.05, 0.1) is 12.6 Å². The van der Waals surface area contributed by atoms with Gasteiger partial charge in [-0.15, -0.1) is 0 Å². The standard InChI is InChI=1S/C10H22N2O2/c1-3-5-9(13)7-11-8-10(14)12-6-4-2/h9,11,13H,3-8H2,1-2H3,(H,12,14). The molecule has 0 heterocycles. The molecule has 84 valence electrons. The topological polar surface area (TPSA) is 61.4 Å². The van der Waals surface area contributed by atoms with Crippen LogP contribution >= 0.6 is 0 Å². The lowest BCUT2D eigenvalue weighted by molar-refractivity contribution is -0.120. The summed E-state index contributed by atoms with van der Waals surface area (Å²) in [4.78, 5) is 11.1. The van der Waals surface area contributed by atoms with Gasteiger partial charge in [0.2, 0.25) is 5.91 Å². The predicted octanol–water partition coefficient (Wildman–Crippen LogP) is 0.263. The number of amides is 1. The minimum Gasteiger partial charge on any atom is -0.392 e. The van der Waals surface area contributed by atoms with Gasteiger partial charge >= 0.3 is 0 Å². The minimum atomic E-state index is -0.334. The van der Waals surface area contributed by atoms with Gasteiger partial charge in [-0.25, -0.2) is 0 Å². The molecule has 1 amide bonds. The van der Waals surface area contributed by atoms with E-state index >= 15 is 0 Å². The lowest BCUT2D eigenvalue weighted by atomic mass is 10.2. The molecule has 1 atom stereocenters. The van der Waals surface area contributed by atoms with Gasteiger partial charge in [0.15, 0.2) is 0 Å². The van der Waals surface area contributed by atoms with Crippen LogP contribution in [-0.2, 0) is 4.79 Å². The third-order valence-electron chi connectivity index (χ3n) is 1.86. The molecule has 0 aromatic carbocycles. The van der Waals surface area contributed by atoms with Crippen molar-refractivity contribution in [2.75, 3.05) is 19.6 Å². The first-order chi connectivity index (χ1) is 6.70. The zero-order chi connectivity index (χ0) is 10.8. The maximum absolute atomic E-state index is 11.1. The van der Waals surface area contributed by atoms with E-state index in [-0.39, 0.29) is 12.0 Å². The van der Waals surface area contributed by atoms with E-state index in [1.54, 1.807) is 0 Å². The molecule has 1 unspecified atom stereocenters. The van der Waals surface area contributed by atoms with Crippen LogP contribution < -0.4 is 10.6 Å². The molecule has 0 radical (unpaired) electrons. The van der Waals surface area contributed by atoms with Gasteiger partial charge < -0.3 is 15.7 Å². The van der Waals surface area contributed by atoms with Gasteiger partial charge in [-0.05, 0) is 12.8 Å². The normalized spacial score (nSPS) is 12.5. The van der Waals surface area contributed by atoms with Crippen LogP contribution in [0.1, 0.15) is 33.1 Å². The van der Waals surface area contributed by atoms with E-state index in [9.17, 15) is 9.90 Å². The number of rotatable bonds is 8. The number of carbonyl (C=O) groups excluding carboxylic acids is 1. The van der Waals surface area contributed by atoms with Crippen LogP contribution in [0.15, 0.2) is 0 Å². The molecule has 0 saturated heterocycles. The molecule has 14 heavy (non-hydrogen) atoms. The fraction of sp³-hybridized carbons (Fsp3) is 0.900. The van der Waals surface area contributed by atoms with Crippen molar-refractivity contribution in [2.45, 2.75) is 39.2 Å². The number of hydrogen-bond donors (Lipinski definition) is 3. The highest BCUT2D eigenvalue weighted by Crippen LogP contribution is 1.93. The Hall–Kier alpha value is -0.610. The lowest BCUT2D eigenvalue weighted by Crippen LogP contribution is -2.37. The largest absolute Gasteiger partial charge is 0.392 e. The van der Waals surface area contributed by atoms with E-state index in [0.717, 1.165) is 25.8 Å². The zero-order valence-corrected chi connectivity index (χ0v) is 9.18. The fourth-order valence-corrected chi connectivity index (χ4v) is 1.11. The zero-order valence-electron chi connectivity index (χ0n) is 9.18. The highest BCUT2D eigenvalue weighted by molar-refractivity contribution is 5.77. The Morgan fingerprint density at radius 3 is 2.64 bits per heavy atom. The van der Waals surface area contributed by atoms with Crippen LogP contribution in [0.5, 0.6) is 0 Å². The molecule has 0 bridgehead atoms. The van der Waals surface area contributed by atoms with Crippen LogP contribution in [0.3, 0.4) is 0 Å². The van der Waals surface area contributed by atoms with Crippen molar-refractivity contribution in [3.05, 3.63) is 0 Å². The van der Waals surface area contributed by atoms with Crippen molar-refractivity contribution in [1.29, 1.82) is 0 Å². The monoisotopic (exact) mass is 202 g/mol. The molecule has 0 aromatic heterocycles. The molecule has 0 saturated carbocycles. The summed E-state index contributed by atoms with van der Waals surface area (Å²) in [5.41, 5.74) is 0. The average Bonchev–Trinajstić information content (AvgIpc) is 2.15. The Balaban J connectivity index is 3.30. The summed E-state index contributed by atoms with van der Waals surface area (Å²) in [6.45, 7) is 5.54. The van der Waals surface area contributed by atoms with E-state index in [4.69, 9.17) is 0 Å². The van der Waals surface area contributed by atoms with Crippen molar-refractivity contribution < 1.29 is 9.90 Å². The molecule has 3 N–H and O–H groups in total. The molecule has 4 heteroatoms. The van der Waals surface area contributed by atoms with Gasteiger partial charge in [0, 0.05) is 13.1 Å². The third-order valence-corrected chi connectivity index (χ3v) is 1.86. The van der Waals surface area contributed by atoms with Crippen LogP contribution in [0.2, 0.25) is 0 Å². The Kier molecular flexibility index (Phi) is 8.57. The average molecular weight is 202 g/mol. The number of aliphatic hydroxyl groups is 1. The SMILES string of the molecule is CCCNC(=O)CNCC(O)CCC. The second kappa shape index (κ2) is 8.97. The summed E-state index contributed by atoms with van der Waals surface area (Å²) < 4.78 is 0. The van der Waals surface area contributed by atoms with E-state index in [1.807, 2.05) is 13.8 Å². The highest BCUT2D eigenvalue weighted by atomic mass is 16.3. The van der Waals surface area contributed by atoms with Gasteiger partial charge in [0.25, 0.3) is 0 Å². The summed E-state index contributed by atoms with van der Waals surface area (Å²) in [6, 6.07) is 0.